The molecule has 0 radical (unpaired) electrons. The molecule has 0 spiro atoms. The molecule has 0 bridgehead atoms. The van der Waals surface area contributed by atoms with Gasteiger partial charge in [-0.1, -0.05) is 46.7 Å². The second kappa shape index (κ2) is 24.9. The van der Waals surface area contributed by atoms with Gasteiger partial charge in [0.2, 0.25) is 11.2 Å². The molecule has 0 fully saturated rings. The highest BCUT2D eigenvalue weighted by molar-refractivity contribution is 6.31. The molecule has 2 N–H and O–H groups in total. The van der Waals surface area contributed by atoms with E-state index in [1.165, 1.54) is 0 Å². The monoisotopic (exact) mass is 508 g/mol. The highest BCUT2D eigenvalue weighted by atomic mass is 35.5. The summed E-state index contributed by atoms with van der Waals surface area (Å²) < 4.78 is 10.8. The molecule has 0 aliphatic carbocycles. The predicted octanol–water partition coefficient (Wildman–Crippen LogP) is 5.87. The summed E-state index contributed by atoms with van der Waals surface area (Å²) in [6, 6.07) is 3.87. The molecular weight excluding hydrogens is 467 g/mol. The van der Waals surface area contributed by atoms with E-state index in [0.717, 1.165) is 37.1 Å². The van der Waals surface area contributed by atoms with E-state index in [2.05, 4.69) is 26.9 Å². The minimum atomic E-state index is 0. The number of aromatic nitrogens is 4. The number of nitrogens with zero attached hydrogens (tertiary/aromatic N) is 4. The highest BCUT2D eigenvalue weighted by Crippen LogP contribution is 2.13. The maximum Gasteiger partial charge on any atom is 0.319 e. The summed E-state index contributed by atoms with van der Waals surface area (Å²) in [5.41, 5.74) is 1.64. The highest BCUT2D eigenvalue weighted by Gasteiger charge is 2.03. The van der Waals surface area contributed by atoms with Crippen molar-refractivity contribution in [3.63, 3.8) is 0 Å². The number of aliphatic hydroxyl groups excluding tert-OH is 2. The fraction of sp³-hybridized carbons (Fsp3) is 0.652. The zero-order valence-electron chi connectivity index (χ0n) is 20.1. The summed E-state index contributed by atoms with van der Waals surface area (Å²) >= 11 is 11.0. The molecule has 2 rings (SSSR count). The molecule has 0 saturated heterocycles. The van der Waals surface area contributed by atoms with Gasteiger partial charge in [-0.15, -0.1) is 0 Å². The zero-order chi connectivity index (χ0) is 24.8. The van der Waals surface area contributed by atoms with Crippen molar-refractivity contribution in [1.29, 1.82) is 0 Å². The summed E-state index contributed by atoms with van der Waals surface area (Å²) in [7, 11) is 0. The van der Waals surface area contributed by atoms with Gasteiger partial charge in [0, 0.05) is 30.7 Å². The van der Waals surface area contributed by atoms with Crippen LogP contribution in [0.15, 0.2) is 12.1 Å². The van der Waals surface area contributed by atoms with Crippen molar-refractivity contribution in [2.24, 2.45) is 0 Å². The number of ether oxygens (including phenoxy) is 2. The molecule has 0 unspecified atom stereocenters. The maximum atomic E-state index is 7.88. The summed E-state index contributed by atoms with van der Waals surface area (Å²) in [6.07, 6.45) is 3.66. The zero-order valence-corrected chi connectivity index (χ0v) is 21.6. The molecule has 33 heavy (non-hydrogen) atoms. The number of halogens is 2. The Kier molecular flexibility index (Phi) is 27.0. The Balaban J connectivity index is -0.000000425. The van der Waals surface area contributed by atoms with E-state index in [1.54, 1.807) is 13.0 Å². The Morgan fingerprint density at radius 3 is 1.64 bits per heavy atom. The van der Waals surface area contributed by atoms with Gasteiger partial charge in [0.25, 0.3) is 0 Å². The third-order valence-corrected chi connectivity index (χ3v) is 3.31. The van der Waals surface area contributed by atoms with Crippen molar-refractivity contribution in [1.82, 2.24) is 19.9 Å². The lowest BCUT2D eigenvalue weighted by atomic mass is 10.4. The van der Waals surface area contributed by atoms with Crippen LogP contribution in [0.4, 0.5) is 0 Å². The molecule has 0 saturated carbocycles. The molecule has 192 valence electrons. The number of hydrogen-bond acceptors (Lipinski definition) is 8. The van der Waals surface area contributed by atoms with Crippen molar-refractivity contribution in [2.75, 3.05) is 26.4 Å². The smallest absolute Gasteiger partial charge is 0.319 e. The van der Waals surface area contributed by atoms with Crippen LogP contribution in [-0.2, 0) is 0 Å². The van der Waals surface area contributed by atoms with Gasteiger partial charge in [-0.05, 0) is 57.2 Å². The SMILES string of the molecule is C.CCCO.CCCO.CCCOc1cc(C)nc(OCCC)n1.Cc1cc(Cl)nc(Cl)n1. The minimum Gasteiger partial charge on any atom is -0.478 e. The van der Waals surface area contributed by atoms with Crippen molar-refractivity contribution in [3.05, 3.63) is 34.0 Å². The second-order valence-electron chi connectivity index (χ2n) is 6.38. The Labute approximate surface area is 209 Å². The van der Waals surface area contributed by atoms with Gasteiger partial charge in [-0.3, -0.25) is 0 Å². The average Bonchev–Trinajstić information content (AvgIpc) is 2.75. The van der Waals surface area contributed by atoms with Crippen molar-refractivity contribution in [2.45, 2.75) is 74.7 Å². The number of aliphatic hydroxyl groups is 2. The van der Waals surface area contributed by atoms with Crippen LogP contribution in [0.2, 0.25) is 10.4 Å². The lowest BCUT2D eigenvalue weighted by Gasteiger charge is -2.07. The van der Waals surface area contributed by atoms with E-state index >= 15 is 0 Å². The van der Waals surface area contributed by atoms with Gasteiger partial charge in [-0.25, -0.2) is 15.0 Å². The Morgan fingerprint density at radius 2 is 1.21 bits per heavy atom. The first-order chi connectivity index (χ1) is 15.3. The normalized spacial score (nSPS) is 9.03. The minimum absolute atomic E-state index is 0. The largest absolute Gasteiger partial charge is 0.478 e. The van der Waals surface area contributed by atoms with Crippen LogP contribution in [0.1, 0.15) is 72.2 Å². The first kappa shape index (κ1) is 35.8. The summed E-state index contributed by atoms with van der Waals surface area (Å²) in [5.74, 6) is 0.593. The fourth-order valence-corrected chi connectivity index (χ4v) is 2.05. The lowest BCUT2D eigenvalue weighted by molar-refractivity contribution is 0.269. The predicted molar refractivity (Wildman–Crippen MR) is 137 cm³/mol. The Bertz CT molecular complexity index is 625. The van der Waals surface area contributed by atoms with Crippen molar-refractivity contribution >= 4 is 23.2 Å². The molecule has 0 aliphatic heterocycles. The van der Waals surface area contributed by atoms with Gasteiger partial charge in [0.05, 0.1) is 13.2 Å². The van der Waals surface area contributed by atoms with Crippen LogP contribution in [0.25, 0.3) is 0 Å². The molecule has 0 aliphatic rings. The summed E-state index contributed by atoms with van der Waals surface area (Å²) in [6.45, 7) is 13.6. The van der Waals surface area contributed by atoms with E-state index in [4.69, 9.17) is 42.9 Å². The lowest BCUT2D eigenvalue weighted by Crippen LogP contribution is -2.04. The molecule has 8 nitrogen and oxygen atoms in total. The molecule has 0 atom stereocenters. The van der Waals surface area contributed by atoms with Crippen LogP contribution in [0.5, 0.6) is 11.9 Å². The molecule has 2 aromatic rings. The van der Waals surface area contributed by atoms with E-state index in [0.29, 0.717) is 43.5 Å². The second-order valence-corrected chi connectivity index (χ2v) is 7.10. The van der Waals surface area contributed by atoms with E-state index in [9.17, 15) is 0 Å². The van der Waals surface area contributed by atoms with Crippen LogP contribution in [-0.4, -0.2) is 56.6 Å². The van der Waals surface area contributed by atoms with Crippen molar-refractivity contribution < 1.29 is 19.7 Å². The average molecular weight is 510 g/mol. The van der Waals surface area contributed by atoms with Gasteiger partial charge in [-0.2, -0.15) is 4.98 Å². The number of rotatable bonds is 8. The van der Waals surface area contributed by atoms with Gasteiger partial charge in [0.15, 0.2) is 0 Å². The third-order valence-electron chi connectivity index (χ3n) is 2.94. The molecule has 10 heteroatoms. The standard InChI is InChI=1S/C11H18N2O2.C5H4Cl2N2.2C3H8O.CH4/c1-4-6-14-10-8-9(3)12-11(13-10)15-7-5-2;1-3-2-4(6)9-5(7)8-3;2*1-2-3-4;/h8H,4-7H2,1-3H3;2H,1H3;2*4H,2-3H2,1H3;1H4. The van der Waals surface area contributed by atoms with Gasteiger partial charge in [0.1, 0.15) is 5.15 Å². The van der Waals surface area contributed by atoms with Crippen LogP contribution in [0, 0.1) is 13.8 Å². The molecule has 0 amide bonds. The fourth-order valence-electron chi connectivity index (χ4n) is 1.55. The van der Waals surface area contributed by atoms with Gasteiger partial charge >= 0.3 is 6.01 Å². The Morgan fingerprint density at radius 1 is 0.727 bits per heavy atom. The maximum absolute atomic E-state index is 7.88. The topological polar surface area (TPSA) is 110 Å². The summed E-state index contributed by atoms with van der Waals surface area (Å²) in [5, 5.41) is 16.3. The third kappa shape index (κ3) is 23.2. The first-order valence-corrected chi connectivity index (χ1v) is 11.5. The Hall–Kier alpha value is -1.74. The van der Waals surface area contributed by atoms with E-state index < -0.39 is 0 Å². The molecular formula is C23H42Cl2N4O4. The van der Waals surface area contributed by atoms with Gasteiger partial charge < -0.3 is 19.7 Å². The molecule has 0 aromatic carbocycles. The van der Waals surface area contributed by atoms with Crippen LogP contribution >= 0.6 is 23.2 Å². The van der Waals surface area contributed by atoms with E-state index in [1.807, 2.05) is 33.8 Å². The van der Waals surface area contributed by atoms with Crippen LogP contribution < -0.4 is 9.47 Å². The molecule has 2 heterocycles. The van der Waals surface area contributed by atoms with Crippen molar-refractivity contribution in [3.8, 4) is 11.9 Å². The number of aryl methyl sites for hydroxylation is 2. The first-order valence-electron chi connectivity index (χ1n) is 10.8. The quantitative estimate of drug-likeness (QED) is 0.336. The molecule has 2 aromatic heterocycles. The van der Waals surface area contributed by atoms with Crippen LogP contribution in [0.3, 0.4) is 0 Å². The summed E-state index contributed by atoms with van der Waals surface area (Å²) in [4.78, 5) is 15.8. The number of hydrogen-bond donors (Lipinski definition) is 2. The van der Waals surface area contributed by atoms with E-state index in [-0.39, 0.29) is 12.7 Å².